The van der Waals surface area contributed by atoms with E-state index < -0.39 is 0 Å². The third-order valence-corrected chi connectivity index (χ3v) is 4.25. The minimum atomic E-state index is -0.256. The first-order valence-electron chi connectivity index (χ1n) is 6.19. The molecular weight excluding hydrogens is 264 g/mol. The number of likely N-dealkylation sites (tertiary alicyclic amines) is 1. The van der Waals surface area contributed by atoms with Crippen LogP contribution in [-0.2, 0) is 14.4 Å². The van der Waals surface area contributed by atoms with Crippen molar-refractivity contribution in [3.63, 3.8) is 0 Å². The first-order chi connectivity index (χ1) is 9.04. The molecule has 0 aromatic carbocycles. The molecule has 0 radical (unpaired) electrons. The summed E-state index contributed by atoms with van der Waals surface area (Å²) >= 11 is 1.49. The average Bonchev–Trinajstić information content (AvgIpc) is 2.81. The van der Waals surface area contributed by atoms with E-state index in [1.807, 2.05) is 6.92 Å². The van der Waals surface area contributed by atoms with Gasteiger partial charge in [0.15, 0.2) is 0 Å². The van der Waals surface area contributed by atoms with Gasteiger partial charge in [0, 0.05) is 31.3 Å². The van der Waals surface area contributed by atoms with Gasteiger partial charge in [-0.15, -0.1) is 11.8 Å². The summed E-state index contributed by atoms with van der Waals surface area (Å²) < 4.78 is 0. The van der Waals surface area contributed by atoms with Crippen molar-refractivity contribution >= 4 is 29.5 Å². The number of carbonyl (C=O) groups excluding carboxylic acids is 3. The van der Waals surface area contributed by atoms with Crippen molar-refractivity contribution in [2.75, 3.05) is 18.8 Å². The summed E-state index contributed by atoms with van der Waals surface area (Å²) in [6.07, 6.45) is 3.34. The van der Waals surface area contributed by atoms with E-state index in [9.17, 15) is 14.4 Å². The molecule has 0 aromatic heterocycles. The Balaban J connectivity index is 1.93. The quantitative estimate of drug-likeness (QED) is 0.698. The molecular formula is C13H16N2O3S. The summed E-state index contributed by atoms with van der Waals surface area (Å²) in [4.78, 5) is 38.0. The number of thioether (sulfide) groups is 1. The Labute approximate surface area is 116 Å². The largest absolute Gasteiger partial charge is 0.308 e. The number of amides is 3. The van der Waals surface area contributed by atoms with Crippen molar-refractivity contribution in [1.82, 2.24) is 9.80 Å². The van der Waals surface area contributed by atoms with Crippen LogP contribution in [0.3, 0.4) is 0 Å². The van der Waals surface area contributed by atoms with Gasteiger partial charge in [-0.2, -0.15) is 0 Å². The van der Waals surface area contributed by atoms with Gasteiger partial charge in [-0.3, -0.25) is 19.3 Å². The van der Waals surface area contributed by atoms with E-state index >= 15 is 0 Å². The van der Waals surface area contributed by atoms with Crippen LogP contribution in [0.1, 0.15) is 13.3 Å². The van der Waals surface area contributed by atoms with Crippen LogP contribution < -0.4 is 0 Å². The zero-order chi connectivity index (χ0) is 14.0. The van der Waals surface area contributed by atoms with E-state index in [0.717, 1.165) is 5.75 Å². The highest BCUT2D eigenvalue weighted by molar-refractivity contribution is 8.00. The van der Waals surface area contributed by atoms with Gasteiger partial charge in [0.05, 0.1) is 5.25 Å². The lowest BCUT2D eigenvalue weighted by atomic mass is 10.4. The van der Waals surface area contributed by atoms with Gasteiger partial charge in [-0.05, 0) is 11.8 Å². The number of carbonyl (C=O) groups is 3. The molecule has 0 aromatic rings. The summed E-state index contributed by atoms with van der Waals surface area (Å²) in [5, 5.41) is -0.256. The molecule has 0 saturated carbocycles. The van der Waals surface area contributed by atoms with Crippen molar-refractivity contribution in [3.05, 3.63) is 24.4 Å². The second-order valence-corrected chi connectivity index (χ2v) is 5.83. The zero-order valence-corrected chi connectivity index (χ0v) is 11.6. The van der Waals surface area contributed by atoms with Crippen molar-refractivity contribution < 1.29 is 14.4 Å². The lowest BCUT2D eigenvalue weighted by molar-refractivity contribution is -0.139. The van der Waals surface area contributed by atoms with Gasteiger partial charge in [0.2, 0.25) is 11.8 Å². The average molecular weight is 280 g/mol. The Morgan fingerprint density at radius 1 is 1.26 bits per heavy atom. The van der Waals surface area contributed by atoms with Crippen LogP contribution in [0.5, 0.6) is 0 Å². The second kappa shape index (κ2) is 5.61. The van der Waals surface area contributed by atoms with Crippen LogP contribution in [0.25, 0.3) is 0 Å². The fourth-order valence-corrected chi connectivity index (χ4v) is 3.09. The van der Waals surface area contributed by atoms with Gasteiger partial charge in [-0.1, -0.05) is 13.5 Å². The molecule has 2 rings (SSSR count). The normalized spacial score (nSPS) is 23.1. The topological polar surface area (TPSA) is 57.7 Å². The molecule has 0 N–H and O–H groups in total. The Kier molecular flexibility index (Phi) is 4.09. The molecule has 0 bridgehead atoms. The van der Waals surface area contributed by atoms with E-state index in [1.165, 1.54) is 27.6 Å². The van der Waals surface area contributed by atoms with Crippen LogP contribution in [0.4, 0.5) is 0 Å². The monoisotopic (exact) mass is 280 g/mol. The molecule has 1 fully saturated rings. The smallest absolute Gasteiger partial charge is 0.251 e. The van der Waals surface area contributed by atoms with Crippen LogP contribution in [0, 0.1) is 0 Å². The van der Waals surface area contributed by atoms with Crippen LogP contribution in [0.15, 0.2) is 24.4 Å². The summed E-state index contributed by atoms with van der Waals surface area (Å²) in [5.74, 6) is 0.370. The third-order valence-electron chi connectivity index (χ3n) is 3.15. The van der Waals surface area contributed by atoms with E-state index in [-0.39, 0.29) is 35.9 Å². The summed E-state index contributed by atoms with van der Waals surface area (Å²) in [5.41, 5.74) is 0.601. The first-order valence-corrected chi connectivity index (χ1v) is 7.23. The summed E-state index contributed by atoms with van der Waals surface area (Å²) in [7, 11) is 0. The molecule has 0 aliphatic carbocycles. The maximum Gasteiger partial charge on any atom is 0.251 e. The minimum Gasteiger partial charge on any atom is -0.308 e. The number of allylic oxidation sites excluding steroid dienone is 1. The molecule has 1 unspecified atom stereocenters. The van der Waals surface area contributed by atoms with Crippen molar-refractivity contribution in [1.29, 1.82) is 0 Å². The van der Waals surface area contributed by atoms with Crippen molar-refractivity contribution in [3.8, 4) is 0 Å². The molecule has 0 spiro atoms. The molecule has 2 aliphatic heterocycles. The Morgan fingerprint density at radius 2 is 1.95 bits per heavy atom. The highest BCUT2D eigenvalue weighted by atomic mass is 32.2. The van der Waals surface area contributed by atoms with Crippen LogP contribution in [-0.4, -0.2) is 51.6 Å². The van der Waals surface area contributed by atoms with E-state index in [0.29, 0.717) is 12.2 Å². The fraction of sp³-hybridized carbons (Fsp3) is 0.462. The lowest BCUT2D eigenvalue weighted by Crippen LogP contribution is -2.39. The fourth-order valence-electron chi connectivity index (χ4n) is 2.16. The van der Waals surface area contributed by atoms with E-state index in [1.54, 1.807) is 6.08 Å². The van der Waals surface area contributed by atoms with E-state index in [2.05, 4.69) is 6.58 Å². The Morgan fingerprint density at radius 3 is 2.53 bits per heavy atom. The molecule has 1 saturated heterocycles. The Hall–Kier alpha value is -1.56. The van der Waals surface area contributed by atoms with Crippen molar-refractivity contribution in [2.24, 2.45) is 0 Å². The maximum atomic E-state index is 12.0. The van der Waals surface area contributed by atoms with E-state index in [4.69, 9.17) is 0 Å². The van der Waals surface area contributed by atoms with Gasteiger partial charge in [0.25, 0.3) is 5.91 Å². The van der Waals surface area contributed by atoms with Gasteiger partial charge >= 0.3 is 0 Å². The summed E-state index contributed by atoms with van der Waals surface area (Å²) in [6, 6.07) is 0. The molecule has 1 atom stereocenters. The van der Waals surface area contributed by atoms with Crippen LogP contribution in [0.2, 0.25) is 0 Å². The number of rotatable bonds is 5. The molecule has 6 heteroatoms. The maximum absolute atomic E-state index is 12.0. The lowest BCUT2D eigenvalue weighted by Gasteiger charge is -2.21. The van der Waals surface area contributed by atoms with Gasteiger partial charge in [-0.25, -0.2) is 0 Å². The van der Waals surface area contributed by atoms with Gasteiger partial charge < -0.3 is 4.90 Å². The zero-order valence-electron chi connectivity index (χ0n) is 10.8. The molecule has 2 heterocycles. The predicted octanol–water partition coefficient (Wildman–Crippen LogP) is 0.779. The number of hydrogen-bond acceptors (Lipinski definition) is 4. The molecule has 5 nitrogen and oxygen atoms in total. The highest BCUT2D eigenvalue weighted by Crippen LogP contribution is 2.25. The van der Waals surface area contributed by atoms with Crippen molar-refractivity contribution in [2.45, 2.75) is 18.6 Å². The Bertz CT molecular complexity index is 455. The molecule has 102 valence electrons. The number of nitrogens with zero attached hydrogens (tertiary/aromatic N) is 2. The minimum absolute atomic E-state index is 0.137. The highest BCUT2D eigenvalue weighted by Gasteiger charge is 2.38. The standard InChI is InChI=1S/C13H16N2O3S/c1-3-19-10-8-12(17)15(13(10)18)7-6-14-9(2)4-5-11(14)16/h4-5,10H,2-3,6-8H2,1H3. The SMILES string of the molecule is C=C1C=CC(=O)N1CCN1C(=O)CC(SCC)C1=O. The number of hydrogen-bond donors (Lipinski definition) is 0. The van der Waals surface area contributed by atoms with Gasteiger partial charge in [0.1, 0.15) is 0 Å². The molecule has 3 amide bonds. The first kappa shape index (κ1) is 13.9. The number of imide groups is 1. The van der Waals surface area contributed by atoms with Crippen LogP contribution >= 0.6 is 11.8 Å². The molecule has 2 aliphatic rings. The summed E-state index contributed by atoms with van der Waals surface area (Å²) in [6.45, 7) is 6.25. The molecule has 19 heavy (non-hydrogen) atoms. The third kappa shape index (κ3) is 2.73. The predicted molar refractivity (Wildman–Crippen MR) is 73.3 cm³/mol. The second-order valence-electron chi connectivity index (χ2n) is 4.35.